The number of rotatable bonds is 6. The van der Waals surface area contributed by atoms with E-state index in [-0.39, 0.29) is 22.5 Å². The first-order valence-electron chi connectivity index (χ1n) is 8.16. The average molecular weight is 328 g/mol. The lowest BCUT2D eigenvalue weighted by molar-refractivity contribution is 0.0496. The van der Waals surface area contributed by atoms with E-state index in [0.29, 0.717) is 6.61 Å². The molecule has 0 unspecified atom stereocenters. The molecule has 2 N–H and O–H groups in total. The molecule has 2 aromatic carbocycles. The first-order valence-corrected chi connectivity index (χ1v) is 8.16. The van der Waals surface area contributed by atoms with Crippen LogP contribution in [0.5, 0.6) is 11.5 Å². The van der Waals surface area contributed by atoms with Gasteiger partial charge < -0.3 is 14.9 Å². The SMILES string of the molecule is CCCCOC(=O)c1cc(C(C)(C)c2ccc(O)cc2)ccc1O. The zero-order chi connectivity index (χ0) is 17.7. The lowest BCUT2D eigenvalue weighted by Gasteiger charge is -2.26. The summed E-state index contributed by atoms with van der Waals surface area (Å²) in [4.78, 5) is 12.2. The van der Waals surface area contributed by atoms with Crippen LogP contribution in [0, 0.1) is 0 Å². The van der Waals surface area contributed by atoms with Crippen molar-refractivity contribution in [3.05, 3.63) is 59.2 Å². The highest BCUT2D eigenvalue weighted by Gasteiger charge is 2.25. The predicted molar refractivity (Wildman–Crippen MR) is 93.5 cm³/mol. The second-order valence-corrected chi connectivity index (χ2v) is 6.39. The van der Waals surface area contributed by atoms with Crippen molar-refractivity contribution >= 4 is 5.97 Å². The van der Waals surface area contributed by atoms with E-state index in [9.17, 15) is 15.0 Å². The van der Waals surface area contributed by atoms with E-state index >= 15 is 0 Å². The summed E-state index contributed by atoms with van der Waals surface area (Å²) in [6, 6.07) is 12.0. The summed E-state index contributed by atoms with van der Waals surface area (Å²) < 4.78 is 5.21. The fourth-order valence-corrected chi connectivity index (χ4v) is 2.52. The number of carbonyl (C=O) groups is 1. The topological polar surface area (TPSA) is 66.8 Å². The predicted octanol–water partition coefficient (Wildman–Crippen LogP) is 4.38. The van der Waals surface area contributed by atoms with E-state index in [0.717, 1.165) is 24.0 Å². The molecule has 0 aliphatic heterocycles. The van der Waals surface area contributed by atoms with E-state index in [1.54, 1.807) is 24.3 Å². The molecule has 0 bridgehead atoms. The van der Waals surface area contributed by atoms with Gasteiger partial charge in [-0.25, -0.2) is 4.79 Å². The van der Waals surface area contributed by atoms with E-state index in [1.807, 2.05) is 32.9 Å². The average Bonchev–Trinajstić information content (AvgIpc) is 2.55. The zero-order valence-corrected chi connectivity index (χ0v) is 14.4. The van der Waals surface area contributed by atoms with Gasteiger partial charge in [-0.1, -0.05) is 45.4 Å². The molecule has 0 spiro atoms. The highest BCUT2D eigenvalue weighted by Crippen LogP contribution is 2.34. The van der Waals surface area contributed by atoms with Crippen molar-refractivity contribution in [2.45, 2.75) is 39.0 Å². The number of phenols is 2. The van der Waals surface area contributed by atoms with Gasteiger partial charge in [-0.2, -0.15) is 0 Å². The molecule has 24 heavy (non-hydrogen) atoms. The number of hydrogen-bond donors (Lipinski definition) is 2. The fourth-order valence-electron chi connectivity index (χ4n) is 2.52. The van der Waals surface area contributed by atoms with E-state index < -0.39 is 5.97 Å². The smallest absolute Gasteiger partial charge is 0.341 e. The van der Waals surface area contributed by atoms with Crippen LogP contribution in [-0.4, -0.2) is 22.8 Å². The molecule has 0 radical (unpaired) electrons. The van der Waals surface area contributed by atoms with Crippen LogP contribution in [0.3, 0.4) is 0 Å². The van der Waals surface area contributed by atoms with Gasteiger partial charge in [-0.05, 0) is 41.8 Å². The number of aromatic hydroxyl groups is 2. The Morgan fingerprint density at radius 1 is 1.04 bits per heavy atom. The third kappa shape index (κ3) is 3.88. The summed E-state index contributed by atoms with van der Waals surface area (Å²) >= 11 is 0. The lowest BCUT2D eigenvalue weighted by atomic mass is 9.77. The molecular weight excluding hydrogens is 304 g/mol. The Hall–Kier alpha value is -2.49. The molecule has 2 rings (SSSR count). The van der Waals surface area contributed by atoms with E-state index in [2.05, 4.69) is 0 Å². The van der Waals surface area contributed by atoms with Gasteiger partial charge >= 0.3 is 5.97 Å². The number of phenolic OH excluding ortho intramolecular Hbond substituents is 2. The molecule has 4 nitrogen and oxygen atoms in total. The first-order chi connectivity index (χ1) is 11.4. The quantitative estimate of drug-likeness (QED) is 0.610. The van der Waals surface area contributed by atoms with Gasteiger partial charge in [0.05, 0.1) is 6.61 Å². The van der Waals surface area contributed by atoms with Crippen LogP contribution < -0.4 is 0 Å². The summed E-state index contributed by atoms with van der Waals surface area (Å²) in [7, 11) is 0. The number of carbonyl (C=O) groups excluding carboxylic acids is 1. The highest BCUT2D eigenvalue weighted by molar-refractivity contribution is 5.92. The van der Waals surface area contributed by atoms with Crippen molar-refractivity contribution < 1.29 is 19.7 Å². The number of hydrogen-bond acceptors (Lipinski definition) is 4. The summed E-state index contributed by atoms with van der Waals surface area (Å²) in [5.74, 6) is -0.383. The van der Waals surface area contributed by atoms with Gasteiger partial charge in [-0.3, -0.25) is 0 Å². The van der Waals surface area contributed by atoms with Crippen molar-refractivity contribution in [1.29, 1.82) is 0 Å². The number of unbranched alkanes of at least 4 members (excludes halogenated alkanes) is 1. The monoisotopic (exact) mass is 328 g/mol. The molecule has 0 saturated heterocycles. The zero-order valence-electron chi connectivity index (χ0n) is 14.4. The van der Waals surface area contributed by atoms with E-state index in [4.69, 9.17) is 4.74 Å². The molecule has 0 aliphatic rings. The van der Waals surface area contributed by atoms with Gasteiger partial charge in [0.25, 0.3) is 0 Å². The molecule has 0 aromatic heterocycles. The van der Waals surface area contributed by atoms with Gasteiger partial charge in [-0.15, -0.1) is 0 Å². The maximum Gasteiger partial charge on any atom is 0.341 e. The molecule has 0 aliphatic carbocycles. The second kappa shape index (κ2) is 7.39. The van der Waals surface area contributed by atoms with Crippen molar-refractivity contribution in [2.24, 2.45) is 0 Å². The van der Waals surface area contributed by atoms with Crippen molar-refractivity contribution in [2.75, 3.05) is 6.61 Å². The molecular formula is C20H24O4. The first kappa shape index (κ1) is 17.9. The summed E-state index contributed by atoms with van der Waals surface area (Å²) in [5.41, 5.74) is 1.67. The minimum Gasteiger partial charge on any atom is -0.508 e. The fraction of sp³-hybridized carbons (Fsp3) is 0.350. The Labute approximate surface area is 142 Å². The maximum atomic E-state index is 12.2. The Morgan fingerprint density at radius 2 is 1.67 bits per heavy atom. The molecule has 0 fully saturated rings. The number of ether oxygens (including phenoxy) is 1. The standard InChI is InChI=1S/C20H24O4/c1-4-5-12-24-19(23)17-13-15(8-11-18(17)22)20(2,3)14-6-9-16(21)10-7-14/h6-11,13,21-22H,4-5,12H2,1-3H3. The van der Waals surface area contributed by atoms with Crippen molar-refractivity contribution in [1.82, 2.24) is 0 Å². The lowest BCUT2D eigenvalue weighted by Crippen LogP contribution is -2.19. The molecule has 2 aromatic rings. The molecule has 0 heterocycles. The van der Waals surface area contributed by atoms with Crippen LogP contribution in [-0.2, 0) is 10.2 Å². The second-order valence-electron chi connectivity index (χ2n) is 6.39. The molecule has 128 valence electrons. The van der Waals surface area contributed by atoms with Crippen LogP contribution >= 0.6 is 0 Å². The Bertz CT molecular complexity index is 702. The number of esters is 1. The Balaban J connectivity index is 2.32. The summed E-state index contributed by atoms with van der Waals surface area (Å²) in [5, 5.41) is 19.5. The minimum atomic E-state index is -0.510. The van der Waals surface area contributed by atoms with Crippen LogP contribution in [0.25, 0.3) is 0 Å². The third-order valence-corrected chi connectivity index (χ3v) is 4.26. The normalized spacial score (nSPS) is 11.3. The molecule has 0 saturated carbocycles. The largest absolute Gasteiger partial charge is 0.508 e. The van der Waals surface area contributed by atoms with Crippen LogP contribution in [0.15, 0.2) is 42.5 Å². The number of benzene rings is 2. The summed E-state index contributed by atoms with van der Waals surface area (Å²) in [6.45, 7) is 6.42. The molecule has 0 amide bonds. The highest BCUT2D eigenvalue weighted by atomic mass is 16.5. The minimum absolute atomic E-state index is 0.0817. The van der Waals surface area contributed by atoms with Crippen molar-refractivity contribution in [3.63, 3.8) is 0 Å². The van der Waals surface area contributed by atoms with Crippen LogP contribution in [0.1, 0.15) is 55.1 Å². The van der Waals surface area contributed by atoms with E-state index in [1.165, 1.54) is 6.07 Å². The van der Waals surface area contributed by atoms with Crippen LogP contribution in [0.2, 0.25) is 0 Å². The Morgan fingerprint density at radius 3 is 2.29 bits per heavy atom. The third-order valence-electron chi connectivity index (χ3n) is 4.26. The van der Waals surface area contributed by atoms with Gasteiger partial charge in [0.15, 0.2) is 0 Å². The van der Waals surface area contributed by atoms with Gasteiger partial charge in [0, 0.05) is 5.41 Å². The molecule has 4 heteroatoms. The molecule has 0 atom stereocenters. The van der Waals surface area contributed by atoms with Gasteiger partial charge in [0.2, 0.25) is 0 Å². The van der Waals surface area contributed by atoms with Crippen molar-refractivity contribution in [3.8, 4) is 11.5 Å². The summed E-state index contributed by atoms with van der Waals surface area (Å²) in [6.07, 6.45) is 1.73. The Kier molecular flexibility index (Phi) is 5.50. The maximum absolute atomic E-state index is 12.2. The van der Waals surface area contributed by atoms with Crippen LogP contribution in [0.4, 0.5) is 0 Å². The van der Waals surface area contributed by atoms with Gasteiger partial charge in [0.1, 0.15) is 17.1 Å².